The first-order valence-electron chi connectivity index (χ1n) is 7.07. The molecular formula is C16H23NO3. The zero-order valence-corrected chi connectivity index (χ0v) is 12.3. The average molecular weight is 277 g/mol. The molecule has 1 rings (SSSR count). The van der Waals surface area contributed by atoms with E-state index in [0.29, 0.717) is 19.4 Å². The number of aryl methyl sites for hydroxylation is 1. The number of carbonyl (C=O) groups is 2. The number of amides is 1. The molecule has 0 fully saturated rings. The Labute approximate surface area is 120 Å². The zero-order valence-electron chi connectivity index (χ0n) is 12.3. The second-order valence-electron chi connectivity index (χ2n) is 4.81. The summed E-state index contributed by atoms with van der Waals surface area (Å²) in [7, 11) is 1.63. The van der Waals surface area contributed by atoms with Crippen LogP contribution in [0, 0.1) is 0 Å². The lowest BCUT2D eigenvalue weighted by Crippen LogP contribution is -2.33. The summed E-state index contributed by atoms with van der Waals surface area (Å²) >= 11 is 0. The molecular weight excluding hydrogens is 254 g/mol. The molecule has 1 aromatic carbocycles. The molecule has 0 aliphatic heterocycles. The van der Waals surface area contributed by atoms with Gasteiger partial charge in [0.05, 0.1) is 6.61 Å². The number of carbonyl (C=O) groups excluding carboxylic acids is 2. The van der Waals surface area contributed by atoms with E-state index in [1.807, 2.05) is 37.3 Å². The van der Waals surface area contributed by atoms with Crippen molar-refractivity contribution in [1.82, 2.24) is 4.90 Å². The van der Waals surface area contributed by atoms with E-state index < -0.39 is 0 Å². The van der Waals surface area contributed by atoms with Gasteiger partial charge in [0, 0.05) is 13.5 Å². The van der Waals surface area contributed by atoms with Gasteiger partial charge >= 0.3 is 5.97 Å². The van der Waals surface area contributed by atoms with Gasteiger partial charge in [0.15, 0.2) is 0 Å². The van der Waals surface area contributed by atoms with Crippen LogP contribution in [0.15, 0.2) is 30.3 Å². The molecule has 0 saturated heterocycles. The first-order chi connectivity index (χ1) is 9.63. The molecule has 20 heavy (non-hydrogen) atoms. The van der Waals surface area contributed by atoms with Crippen molar-refractivity contribution in [3.05, 3.63) is 35.9 Å². The van der Waals surface area contributed by atoms with Crippen LogP contribution in [0.1, 0.15) is 31.7 Å². The van der Waals surface area contributed by atoms with Gasteiger partial charge in [0.25, 0.3) is 0 Å². The predicted octanol–water partition coefficient (Wildman–Crippen LogP) is 2.42. The highest BCUT2D eigenvalue weighted by Crippen LogP contribution is 2.04. The van der Waals surface area contributed by atoms with Gasteiger partial charge < -0.3 is 9.64 Å². The fourth-order valence-electron chi connectivity index (χ4n) is 1.74. The van der Waals surface area contributed by atoms with Crippen LogP contribution in [0.3, 0.4) is 0 Å². The van der Waals surface area contributed by atoms with Gasteiger partial charge in [-0.2, -0.15) is 0 Å². The lowest BCUT2D eigenvalue weighted by atomic mass is 10.1. The molecule has 0 unspecified atom stereocenters. The fraction of sp³-hybridized carbons (Fsp3) is 0.500. The van der Waals surface area contributed by atoms with E-state index in [2.05, 4.69) is 0 Å². The Bertz CT molecular complexity index is 417. The summed E-state index contributed by atoms with van der Waals surface area (Å²) in [5.74, 6) is -0.379. The molecule has 1 amide bonds. The molecule has 0 spiro atoms. The van der Waals surface area contributed by atoms with Crippen molar-refractivity contribution in [3.8, 4) is 0 Å². The number of nitrogens with zero attached hydrogens (tertiary/aromatic N) is 1. The Kier molecular flexibility index (Phi) is 7.40. The monoisotopic (exact) mass is 277 g/mol. The third-order valence-electron chi connectivity index (χ3n) is 3.02. The van der Waals surface area contributed by atoms with Crippen LogP contribution < -0.4 is 0 Å². The summed E-state index contributed by atoms with van der Waals surface area (Å²) in [5, 5.41) is 0. The summed E-state index contributed by atoms with van der Waals surface area (Å²) in [6.07, 6.45) is 2.94. The summed E-state index contributed by atoms with van der Waals surface area (Å²) in [6, 6.07) is 9.84. The SMILES string of the molecule is CCCCOC(=O)CN(C)C(=O)CCc1ccccc1. The Balaban J connectivity index is 2.26. The second-order valence-corrected chi connectivity index (χ2v) is 4.81. The van der Waals surface area contributed by atoms with E-state index in [-0.39, 0.29) is 18.4 Å². The van der Waals surface area contributed by atoms with Crippen molar-refractivity contribution >= 4 is 11.9 Å². The van der Waals surface area contributed by atoms with E-state index in [4.69, 9.17) is 4.74 Å². The van der Waals surface area contributed by atoms with Crippen molar-refractivity contribution < 1.29 is 14.3 Å². The first kappa shape index (κ1) is 16.2. The molecule has 0 aliphatic carbocycles. The molecule has 0 aromatic heterocycles. The predicted molar refractivity (Wildman–Crippen MR) is 78.3 cm³/mol. The number of benzene rings is 1. The van der Waals surface area contributed by atoms with Crippen LogP contribution in [0.2, 0.25) is 0 Å². The molecule has 0 saturated carbocycles. The molecule has 0 aliphatic rings. The van der Waals surface area contributed by atoms with Gasteiger partial charge in [-0.05, 0) is 18.4 Å². The minimum absolute atomic E-state index is 0.0251. The number of hydrogen-bond donors (Lipinski definition) is 0. The number of ether oxygens (including phenoxy) is 1. The Morgan fingerprint density at radius 3 is 2.55 bits per heavy atom. The van der Waals surface area contributed by atoms with Crippen LogP contribution in [0.25, 0.3) is 0 Å². The Hall–Kier alpha value is -1.84. The minimum atomic E-state index is -0.339. The highest BCUT2D eigenvalue weighted by Gasteiger charge is 2.13. The lowest BCUT2D eigenvalue weighted by Gasteiger charge is -2.16. The van der Waals surface area contributed by atoms with Crippen molar-refractivity contribution in [3.63, 3.8) is 0 Å². The van der Waals surface area contributed by atoms with Crippen LogP contribution >= 0.6 is 0 Å². The highest BCUT2D eigenvalue weighted by atomic mass is 16.5. The third-order valence-corrected chi connectivity index (χ3v) is 3.02. The summed E-state index contributed by atoms with van der Waals surface area (Å²) in [4.78, 5) is 24.8. The normalized spacial score (nSPS) is 10.1. The van der Waals surface area contributed by atoms with Gasteiger partial charge in [-0.15, -0.1) is 0 Å². The molecule has 110 valence electrons. The minimum Gasteiger partial charge on any atom is -0.464 e. The molecule has 0 N–H and O–H groups in total. The zero-order chi connectivity index (χ0) is 14.8. The number of rotatable bonds is 8. The lowest BCUT2D eigenvalue weighted by molar-refractivity contribution is -0.148. The van der Waals surface area contributed by atoms with Gasteiger partial charge in [-0.1, -0.05) is 43.7 Å². The maximum Gasteiger partial charge on any atom is 0.325 e. The molecule has 0 atom stereocenters. The molecule has 0 radical (unpaired) electrons. The van der Waals surface area contributed by atoms with Crippen LogP contribution in [-0.2, 0) is 20.7 Å². The summed E-state index contributed by atoms with van der Waals surface area (Å²) < 4.78 is 5.03. The topological polar surface area (TPSA) is 46.6 Å². The average Bonchev–Trinajstić information content (AvgIpc) is 2.46. The van der Waals surface area contributed by atoms with E-state index in [9.17, 15) is 9.59 Å². The van der Waals surface area contributed by atoms with Crippen molar-refractivity contribution in [2.45, 2.75) is 32.6 Å². The smallest absolute Gasteiger partial charge is 0.325 e. The number of esters is 1. The number of hydrogen-bond acceptors (Lipinski definition) is 3. The molecule has 1 aromatic rings. The maximum atomic E-state index is 11.9. The number of unbranched alkanes of at least 4 members (excludes halogenated alkanes) is 1. The second kappa shape index (κ2) is 9.13. The summed E-state index contributed by atoms with van der Waals surface area (Å²) in [6.45, 7) is 2.49. The molecule has 0 bridgehead atoms. The van der Waals surface area contributed by atoms with Crippen molar-refractivity contribution in [2.75, 3.05) is 20.2 Å². The quantitative estimate of drug-likeness (QED) is 0.541. The van der Waals surface area contributed by atoms with Gasteiger partial charge in [-0.25, -0.2) is 0 Å². The first-order valence-corrected chi connectivity index (χ1v) is 7.07. The summed E-state index contributed by atoms with van der Waals surface area (Å²) in [5.41, 5.74) is 1.12. The van der Waals surface area contributed by atoms with Crippen LogP contribution in [-0.4, -0.2) is 37.0 Å². The third kappa shape index (κ3) is 6.36. The molecule has 0 heterocycles. The molecule has 4 heteroatoms. The van der Waals surface area contributed by atoms with E-state index >= 15 is 0 Å². The van der Waals surface area contributed by atoms with Crippen molar-refractivity contribution in [2.24, 2.45) is 0 Å². The Morgan fingerprint density at radius 2 is 1.90 bits per heavy atom. The number of likely N-dealkylation sites (N-methyl/N-ethyl adjacent to an activating group) is 1. The Morgan fingerprint density at radius 1 is 1.20 bits per heavy atom. The highest BCUT2D eigenvalue weighted by molar-refractivity contribution is 5.81. The fourth-order valence-corrected chi connectivity index (χ4v) is 1.74. The van der Waals surface area contributed by atoms with E-state index in [1.54, 1.807) is 7.05 Å². The van der Waals surface area contributed by atoms with Gasteiger partial charge in [-0.3, -0.25) is 9.59 Å². The van der Waals surface area contributed by atoms with E-state index in [1.165, 1.54) is 4.90 Å². The van der Waals surface area contributed by atoms with Crippen molar-refractivity contribution in [1.29, 1.82) is 0 Å². The standard InChI is InChI=1S/C16H23NO3/c1-3-4-12-20-16(19)13-17(2)15(18)11-10-14-8-6-5-7-9-14/h5-9H,3-4,10-13H2,1-2H3. The molecule has 4 nitrogen and oxygen atoms in total. The van der Waals surface area contributed by atoms with E-state index in [0.717, 1.165) is 18.4 Å². The van der Waals surface area contributed by atoms with Gasteiger partial charge in [0.1, 0.15) is 6.54 Å². The van der Waals surface area contributed by atoms with Crippen LogP contribution in [0.5, 0.6) is 0 Å². The largest absolute Gasteiger partial charge is 0.464 e. The van der Waals surface area contributed by atoms with Crippen LogP contribution in [0.4, 0.5) is 0 Å². The maximum absolute atomic E-state index is 11.9. The van der Waals surface area contributed by atoms with Gasteiger partial charge in [0.2, 0.25) is 5.91 Å².